The lowest BCUT2D eigenvalue weighted by molar-refractivity contribution is -0.134. The van der Waals surface area contributed by atoms with Gasteiger partial charge in [-0.15, -0.1) is 0 Å². The minimum Gasteiger partial charge on any atom is -0.394 e. The lowest BCUT2D eigenvalue weighted by Crippen LogP contribution is -2.46. The maximum Gasteiger partial charge on any atom is 0.246 e. The van der Waals surface area contributed by atoms with Gasteiger partial charge < -0.3 is 14.7 Å². The molecule has 0 saturated carbocycles. The van der Waals surface area contributed by atoms with Crippen LogP contribution in [0.3, 0.4) is 0 Å². The number of ether oxygens (including phenoxy) is 1. The molecule has 1 heterocycles. The lowest BCUT2D eigenvalue weighted by Gasteiger charge is -2.31. The van der Waals surface area contributed by atoms with E-state index in [1.54, 1.807) is 11.0 Å². The standard InChI is InChI=1S/C15H18ClNO3/c1-11-2-3-12(8-14(11)16)4-5-15(19)17-6-7-20-13(9-17)10-18/h2-5,8,13,18H,6-7,9-10H2,1H3/b5-4+. The maximum absolute atomic E-state index is 12.1. The molecule has 5 heteroatoms. The van der Waals surface area contributed by atoms with Gasteiger partial charge in [-0.1, -0.05) is 23.7 Å². The number of aliphatic hydroxyl groups excluding tert-OH is 1. The van der Waals surface area contributed by atoms with Gasteiger partial charge in [0.1, 0.15) is 0 Å². The molecule has 1 aromatic rings. The molecule has 2 rings (SSSR count). The van der Waals surface area contributed by atoms with Crippen LogP contribution < -0.4 is 0 Å². The smallest absolute Gasteiger partial charge is 0.246 e. The van der Waals surface area contributed by atoms with Crippen LogP contribution >= 0.6 is 11.6 Å². The third-order valence-electron chi connectivity index (χ3n) is 3.27. The van der Waals surface area contributed by atoms with Gasteiger partial charge in [-0.3, -0.25) is 4.79 Å². The van der Waals surface area contributed by atoms with Crippen LogP contribution in [0, 0.1) is 6.92 Å². The van der Waals surface area contributed by atoms with Crippen LogP contribution in [0.5, 0.6) is 0 Å². The number of hydrogen-bond donors (Lipinski definition) is 1. The summed E-state index contributed by atoms with van der Waals surface area (Å²) in [5.41, 5.74) is 1.90. The number of carbonyl (C=O) groups excluding carboxylic acids is 1. The SMILES string of the molecule is Cc1ccc(/C=C/C(=O)N2CCOC(CO)C2)cc1Cl. The van der Waals surface area contributed by atoms with Crippen molar-refractivity contribution < 1.29 is 14.6 Å². The third-order valence-corrected chi connectivity index (χ3v) is 3.68. The van der Waals surface area contributed by atoms with Gasteiger partial charge in [-0.2, -0.15) is 0 Å². The molecule has 1 unspecified atom stereocenters. The second kappa shape index (κ2) is 6.88. The molecule has 1 amide bonds. The number of morpholine rings is 1. The fourth-order valence-corrected chi connectivity index (χ4v) is 2.20. The van der Waals surface area contributed by atoms with E-state index in [-0.39, 0.29) is 18.6 Å². The Kier molecular flexibility index (Phi) is 5.17. The number of nitrogens with zero attached hydrogens (tertiary/aromatic N) is 1. The summed E-state index contributed by atoms with van der Waals surface area (Å²) in [6, 6.07) is 5.67. The first-order valence-electron chi connectivity index (χ1n) is 6.55. The zero-order valence-corrected chi connectivity index (χ0v) is 12.1. The van der Waals surface area contributed by atoms with Crippen LogP contribution in [0.15, 0.2) is 24.3 Å². The van der Waals surface area contributed by atoms with E-state index in [9.17, 15) is 4.79 Å². The fourth-order valence-electron chi connectivity index (χ4n) is 2.02. The van der Waals surface area contributed by atoms with E-state index in [0.29, 0.717) is 24.7 Å². The summed E-state index contributed by atoms with van der Waals surface area (Å²) in [6.07, 6.45) is 2.99. The van der Waals surface area contributed by atoms with Crippen molar-refractivity contribution in [3.8, 4) is 0 Å². The third kappa shape index (κ3) is 3.82. The predicted molar refractivity (Wildman–Crippen MR) is 78.6 cm³/mol. The van der Waals surface area contributed by atoms with Gasteiger partial charge in [0.15, 0.2) is 0 Å². The second-order valence-electron chi connectivity index (χ2n) is 4.80. The summed E-state index contributed by atoms with van der Waals surface area (Å²) in [5, 5.41) is 9.75. The number of amides is 1. The van der Waals surface area contributed by atoms with Gasteiger partial charge in [-0.25, -0.2) is 0 Å². The van der Waals surface area contributed by atoms with Crippen LogP contribution in [0.1, 0.15) is 11.1 Å². The van der Waals surface area contributed by atoms with Gasteiger partial charge in [-0.05, 0) is 30.2 Å². The van der Waals surface area contributed by atoms with Crippen molar-refractivity contribution in [2.24, 2.45) is 0 Å². The predicted octanol–water partition coefficient (Wildman–Crippen LogP) is 1.88. The van der Waals surface area contributed by atoms with Crippen molar-refractivity contribution >= 4 is 23.6 Å². The summed E-state index contributed by atoms with van der Waals surface area (Å²) >= 11 is 6.04. The van der Waals surface area contributed by atoms with Gasteiger partial charge in [0.25, 0.3) is 0 Å². The number of carbonyl (C=O) groups is 1. The van der Waals surface area contributed by atoms with E-state index in [4.69, 9.17) is 21.4 Å². The Morgan fingerprint density at radius 1 is 1.60 bits per heavy atom. The molecule has 0 aliphatic carbocycles. The molecule has 1 fully saturated rings. The highest BCUT2D eigenvalue weighted by Gasteiger charge is 2.22. The zero-order chi connectivity index (χ0) is 14.5. The number of rotatable bonds is 3. The molecule has 1 N–H and O–H groups in total. The Hall–Kier alpha value is -1.36. The highest BCUT2D eigenvalue weighted by atomic mass is 35.5. The van der Waals surface area contributed by atoms with Gasteiger partial charge in [0.05, 0.1) is 19.3 Å². The average Bonchev–Trinajstić information content (AvgIpc) is 2.48. The molecule has 0 bridgehead atoms. The number of aryl methyl sites for hydroxylation is 1. The van der Waals surface area contributed by atoms with Crippen LogP contribution in [0.25, 0.3) is 6.08 Å². The Balaban J connectivity index is 1.99. The summed E-state index contributed by atoms with van der Waals surface area (Å²) in [4.78, 5) is 13.7. The zero-order valence-electron chi connectivity index (χ0n) is 11.4. The molecule has 108 valence electrons. The Morgan fingerprint density at radius 2 is 2.40 bits per heavy atom. The Morgan fingerprint density at radius 3 is 3.10 bits per heavy atom. The van der Waals surface area contributed by atoms with Gasteiger partial charge >= 0.3 is 0 Å². The van der Waals surface area contributed by atoms with Gasteiger partial charge in [0.2, 0.25) is 5.91 Å². The van der Waals surface area contributed by atoms with Crippen LogP contribution in [-0.2, 0) is 9.53 Å². The van der Waals surface area contributed by atoms with E-state index in [1.807, 2.05) is 25.1 Å². The first-order valence-corrected chi connectivity index (χ1v) is 6.93. The van der Waals surface area contributed by atoms with E-state index in [1.165, 1.54) is 6.08 Å². The summed E-state index contributed by atoms with van der Waals surface area (Å²) in [6.45, 7) is 3.30. The molecule has 4 nitrogen and oxygen atoms in total. The number of aliphatic hydroxyl groups is 1. The molecular weight excluding hydrogens is 278 g/mol. The Labute approximate surface area is 123 Å². The molecule has 1 atom stereocenters. The van der Waals surface area contributed by atoms with E-state index < -0.39 is 0 Å². The topological polar surface area (TPSA) is 49.8 Å². The first kappa shape index (κ1) is 15.0. The number of hydrogen-bond acceptors (Lipinski definition) is 3. The molecule has 20 heavy (non-hydrogen) atoms. The van der Waals surface area contributed by atoms with E-state index >= 15 is 0 Å². The molecule has 1 aliphatic rings. The second-order valence-corrected chi connectivity index (χ2v) is 5.21. The minimum atomic E-state index is -0.282. The highest BCUT2D eigenvalue weighted by molar-refractivity contribution is 6.31. The first-order chi connectivity index (χ1) is 9.60. The lowest BCUT2D eigenvalue weighted by atomic mass is 10.1. The number of halogens is 1. The van der Waals surface area contributed by atoms with E-state index in [0.717, 1.165) is 11.1 Å². The molecule has 0 spiro atoms. The fraction of sp³-hybridized carbons (Fsp3) is 0.400. The van der Waals surface area contributed by atoms with Crippen LogP contribution in [-0.4, -0.2) is 48.3 Å². The molecular formula is C15H18ClNO3. The van der Waals surface area contributed by atoms with Gasteiger partial charge in [0, 0.05) is 24.2 Å². The van der Waals surface area contributed by atoms with Crippen molar-refractivity contribution in [2.45, 2.75) is 13.0 Å². The molecule has 0 aromatic heterocycles. The molecule has 1 aromatic carbocycles. The van der Waals surface area contributed by atoms with Crippen LogP contribution in [0.4, 0.5) is 0 Å². The monoisotopic (exact) mass is 295 g/mol. The molecule has 1 aliphatic heterocycles. The largest absolute Gasteiger partial charge is 0.394 e. The van der Waals surface area contributed by atoms with Crippen LogP contribution in [0.2, 0.25) is 5.02 Å². The van der Waals surface area contributed by atoms with Crippen molar-refractivity contribution in [1.82, 2.24) is 4.90 Å². The number of benzene rings is 1. The Bertz CT molecular complexity index is 516. The molecule has 1 saturated heterocycles. The summed E-state index contributed by atoms with van der Waals surface area (Å²) < 4.78 is 5.31. The highest BCUT2D eigenvalue weighted by Crippen LogP contribution is 2.17. The average molecular weight is 296 g/mol. The normalized spacial score (nSPS) is 19.6. The summed E-state index contributed by atoms with van der Waals surface area (Å²) in [7, 11) is 0. The quantitative estimate of drug-likeness (QED) is 0.866. The maximum atomic E-state index is 12.1. The van der Waals surface area contributed by atoms with Crippen molar-refractivity contribution in [2.75, 3.05) is 26.3 Å². The van der Waals surface area contributed by atoms with Crippen molar-refractivity contribution in [3.63, 3.8) is 0 Å². The minimum absolute atomic E-state index is 0.0684. The van der Waals surface area contributed by atoms with Crippen molar-refractivity contribution in [1.29, 1.82) is 0 Å². The summed E-state index contributed by atoms with van der Waals surface area (Å²) in [5.74, 6) is -0.0801. The van der Waals surface area contributed by atoms with Crippen molar-refractivity contribution in [3.05, 3.63) is 40.4 Å². The van der Waals surface area contributed by atoms with E-state index in [2.05, 4.69) is 0 Å². The molecule has 0 radical (unpaired) electrons.